The molecule has 11 nitrogen and oxygen atoms in total. The lowest BCUT2D eigenvalue weighted by molar-refractivity contribution is -0.0638. The summed E-state index contributed by atoms with van der Waals surface area (Å²) in [6, 6.07) is 11.3. The van der Waals surface area contributed by atoms with E-state index >= 15 is 0 Å². The summed E-state index contributed by atoms with van der Waals surface area (Å²) in [5, 5.41) is 11.6. The van der Waals surface area contributed by atoms with Crippen molar-refractivity contribution >= 4 is 55.7 Å². The number of fused-ring (bicyclic) bond motifs is 2. The topological polar surface area (TPSA) is 128 Å². The average molecular weight is 673 g/mol. The van der Waals surface area contributed by atoms with E-state index in [1.165, 1.54) is 57.0 Å². The fraction of sp³-hybridized carbons (Fsp3) is 0.351. The van der Waals surface area contributed by atoms with Gasteiger partial charge in [0.2, 0.25) is 0 Å². The van der Waals surface area contributed by atoms with Gasteiger partial charge in [-0.2, -0.15) is 5.10 Å². The molecule has 0 spiro atoms. The lowest BCUT2D eigenvalue weighted by atomic mass is 9.49. The highest BCUT2D eigenvalue weighted by Crippen LogP contribution is 2.60. The van der Waals surface area contributed by atoms with Gasteiger partial charge in [0.15, 0.2) is 10.8 Å². The maximum Gasteiger partial charge on any atom is 0.342 e. The Kier molecular flexibility index (Phi) is 7.04. The molecule has 4 saturated carbocycles. The highest BCUT2D eigenvalue weighted by atomic mass is 32.1. The SMILES string of the molecule is COC(=O)c1c(-c2cnn(CC34CC5CC(CC(C5)C3)C4)c2C)ccn2c(Nc3cnccc3C(=O)Nc3nc4ccccc4s3)cnc12. The molecule has 0 aliphatic heterocycles. The van der Waals surface area contributed by atoms with Gasteiger partial charge in [-0.1, -0.05) is 23.5 Å². The fourth-order valence-corrected chi connectivity index (χ4v) is 10.1. The first-order valence-electron chi connectivity index (χ1n) is 16.9. The van der Waals surface area contributed by atoms with Gasteiger partial charge in [0.05, 0.1) is 47.2 Å². The van der Waals surface area contributed by atoms with Crippen LogP contribution in [0.2, 0.25) is 0 Å². The number of thiazole rings is 1. The first kappa shape index (κ1) is 30.0. The minimum Gasteiger partial charge on any atom is -0.465 e. The second-order valence-electron chi connectivity index (χ2n) is 14.1. The van der Waals surface area contributed by atoms with Gasteiger partial charge >= 0.3 is 5.97 Å². The predicted octanol–water partition coefficient (Wildman–Crippen LogP) is 7.51. The minimum atomic E-state index is -0.483. The van der Waals surface area contributed by atoms with Crippen molar-refractivity contribution in [3.05, 3.63) is 84.2 Å². The number of nitrogens with zero attached hydrogens (tertiary/aromatic N) is 6. The Balaban J connectivity index is 1.02. The van der Waals surface area contributed by atoms with Crippen LogP contribution in [0.25, 0.3) is 27.0 Å². The van der Waals surface area contributed by atoms with Crippen molar-refractivity contribution in [2.75, 3.05) is 17.7 Å². The molecule has 0 atom stereocenters. The van der Waals surface area contributed by atoms with Gasteiger partial charge in [0, 0.05) is 35.8 Å². The largest absolute Gasteiger partial charge is 0.465 e. The molecule has 12 heteroatoms. The molecular weight excluding hydrogens is 637 g/mol. The van der Waals surface area contributed by atoms with Crippen molar-refractivity contribution in [3.63, 3.8) is 0 Å². The molecule has 4 aliphatic rings. The molecular formula is C37H36N8O3S. The van der Waals surface area contributed by atoms with Crippen LogP contribution in [0.3, 0.4) is 0 Å². The van der Waals surface area contributed by atoms with Gasteiger partial charge in [-0.3, -0.25) is 24.2 Å². The van der Waals surface area contributed by atoms with E-state index in [1.807, 2.05) is 42.7 Å². The number of amides is 1. The van der Waals surface area contributed by atoms with E-state index in [0.29, 0.717) is 38.8 Å². The van der Waals surface area contributed by atoms with E-state index in [-0.39, 0.29) is 5.91 Å². The highest BCUT2D eigenvalue weighted by molar-refractivity contribution is 7.22. The number of methoxy groups -OCH3 is 1. The maximum absolute atomic E-state index is 13.4. The molecule has 0 unspecified atom stereocenters. The summed E-state index contributed by atoms with van der Waals surface area (Å²) in [6.45, 7) is 3.02. The molecule has 4 aliphatic carbocycles. The van der Waals surface area contributed by atoms with Crippen LogP contribution in [0.4, 0.5) is 16.6 Å². The summed E-state index contributed by atoms with van der Waals surface area (Å²) >= 11 is 1.41. The monoisotopic (exact) mass is 672 g/mol. The molecule has 2 N–H and O–H groups in total. The zero-order valence-electron chi connectivity index (χ0n) is 27.3. The fourth-order valence-electron chi connectivity index (χ4n) is 9.26. The Bertz CT molecular complexity index is 2200. The number of carbonyl (C=O) groups is 2. The van der Waals surface area contributed by atoms with E-state index in [1.54, 1.807) is 29.1 Å². The molecule has 6 aromatic rings. The van der Waals surface area contributed by atoms with Crippen molar-refractivity contribution in [1.29, 1.82) is 0 Å². The number of imidazole rings is 1. The van der Waals surface area contributed by atoms with E-state index in [4.69, 9.17) is 9.84 Å². The zero-order chi connectivity index (χ0) is 33.3. The minimum absolute atomic E-state index is 0.323. The normalized spacial score (nSPS) is 22.5. The van der Waals surface area contributed by atoms with E-state index < -0.39 is 5.97 Å². The molecule has 4 fully saturated rings. The van der Waals surface area contributed by atoms with E-state index in [2.05, 4.69) is 37.2 Å². The van der Waals surface area contributed by atoms with Gasteiger partial charge in [-0.15, -0.1) is 0 Å². The Morgan fingerprint density at radius 1 is 1.00 bits per heavy atom. The van der Waals surface area contributed by atoms with Crippen LogP contribution in [0.5, 0.6) is 0 Å². The van der Waals surface area contributed by atoms with Crippen LogP contribution in [0.15, 0.2) is 67.4 Å². The first-order valence-corrected chi connectivity index (χ1v) is 17.7. The van der Waals surface area contributed by atoms with Crippen molar-refractivity contribution in [1.82, 2.24) is 29.1 Å². The van der Waals surface area contributed by atoms with Crippen LogP contribution < -0.4 is 10.6 Å². The summed E-state index contributed by atoms with van der Waals surface area (Å²) in [6.07, 6.45) is 16.7. The van der Waals surface area contributed by atoms with E-state index in [0.717, 1.165) is 51.3 Å². The number of ether oxygens (including phenoxy) is 1. The number of esters is 1. The quantitative estimate of drug-likeness (QED) is 0.159. The Morgan fingerprint density at radius 2 is 1.78 bits per heavy atom. The number of rotatable bonds is 8. The number of nitrogens with one attached hydrogen (secondary N) is 2. The van der Waals surface area contributed by atoms with Crippen LogP contribution in [0.1, 0.15) is 64.9 Å². The number of para-hydroxylation sites is 1. The molecule has 5 heterocycles. The molecule has 49 heavy (non-hydrogen) atoms. The van der Waals surface area contributed by atoms with E-state index in [9.17, 15) is 9.59 Å². The molecule has 1 aromatic carbocycles. The summed E-state index contributed by atoms with van der Waals surface area (Å²) < 4.78 is 10.2. The third kappa shape index (κ3) is 5.16. The summed E-state index contributed by atoms with van der Waals surface area (Å²) in [5.41, 5.74) is 5.47. The smallest absolute Gasteiger partial charge is 0.342 e. The highest BCUT2D eigenvalue weighted by Gasteiger charge is 2.51. The Labute approximate surface area is 286 Å². The summed E-state index contributed by atoms with van der Waals surface area (Å²) in [4.78, 5) is 40.3. The van der Waals surface area contributed by atoms with Crippen molar-refractivity contribution in [2.24, 2.45) is 23.2 Å². The molecule has 1 amide bonds. The lowest BCUT2D eigenvalue weighted by Gasteiger charge is -2.56. The zero-order valence-corrected chi connectivity index (χ0v) is 28.2. The van der Waals surface area contributed by atoms with Gasteiger partial charge in [0.25, 0.3) is 5.91 Å². The number of anilines is 3. The molecule has 0 saturated heterocycles. The van der Waals surface area contributed by atoms with Crippen molar-refractivity contribution in [2.45, 2.75) is 52.0 Å². The second kappa shape index (κ2) is 11.5. The predicted molar refractivity (Wildman–Crippen MR) is 188 cm³/mol. The van der Waals surface area contributed by atoms with Crippen LogP contribution in [-0.2, 0) is 11.3 Å². The first-order chi connectivity index (χ1) is 23.9. The number of aromatic nitrogens is 6. The second-order valence-corrected chi connectivity index (χ2v) is 15.2. The molecule has 0 radical (unpaired) electrons. The summed E-state index contributed by atoms with van der Waals surface area (Å²) in [7, 11) is 1.38. The maximum atomic E-state index is 13.4. The van der Waals surface area contributed by atoms with Gasteiger partial charge in [-0.05, 0) is 92.9 Å². The number of hydrogen-bond acceptors (Lipinski definition) is 9. The van der Waals surface area contributed by atoms with Crippen LogP contribution in [0, 0.1) is 30.1 Å². The molecule has 10 rings (SSSR count). The Hall–Kier alpha value is -5.10. The third-order valence-corrected chi connectivity index (χ3v) is 11.9. The van der Waals surface area contributed by atoms with Gasteiger partial charge in [-0.25, -0.2) is 14.8 Å². The molecule has 5 aromatic heterocycles. The number of hydrogen-bond donors (Lipinski definition) is 2. The van der Waals surface area contributed by atoms with Crippen LogP contribution in [-0.4, -0.2) is 48.1 Å². The average Bonchev–Trinajstić information content (AvgIpc) is 3.80. The molecule has 248 valence electrons. The number of pyridine rings is 2. The van der Waals surface area contributed by atoms with Gasteiger partial charge in [0.1, 0.15) is 11.4 Å². The van der Waals surface area contributed by atoms with Crippen LogP contribution >= 0.6 is 11.3 Å². The molecule has 4 bridgehead atoms. The van der Waals surface area contributed by atoms with Gasteiger partial charge < -0.3 is 10.1 Å². The van der Waals surface area contributed by atoms with Crippen molar-refractivity contribution < 1.29 is 14.3 Å². The number of carbonyl (C=O) groups excluding carboxylic acids is 2. The Morgan fingerprint density at radius 3 is 2.53 bits per heavy atom. The van der Waals surface area contributed by atoms with Crippen molar-refractivity contribution in [3.8, 4) is 11.1 Å². The third-order valence-electron chi connectivity index (χ3n) is 11.0. The standard InChI is InChI=1S/C37H36N8O3S/c1-21-27(17-40-45(21)20-37-14-22-11-23(15-37)13-24(12-22)16-37)25-8-10-44-31(19-39-33(44)32(25)35(47)48-2)41-29-18-38-9-7-26(29)34(46)43-36-42-28-5-3-4-6-30(28)49-36/h3-10,17-19,22-24,41H,11-16,20H2,1-2H3,(H,42,43,46). The summed E-state index contributed by atoms with van der Waals surface area (Å²) in [5.74, 6) is 2.36. The lowest BCUT2D eigenvalue weighted by Crippen LogP contribution is -2.48. The number of benzene rings is 1.